The van der Waals surface area contributed by atoms with Gasteiger partial charge in [-0.25, -0.2) is 13.1 Å². The van der Waals surface area contributed by atoms with E-state index in [-0.39, 0.29) is 11.4 Å². The number of hydrogen-bond donors (Lipinski definition) is 2. The number of nitro groups is 1. The highest BCUT2D eigenvalue weighted by Crippen LogP contribution is 2.12. The molecule has 0 aliphatic rings. The summed E-state index contributed by atoms with van der Waals surface area (Å²) in [6, 6.07) is 2.09. The number of sulfonamides is 1. The van der Waals surface area contributed by atoms with Crippen molar-refractivity contribution in [2.75, 3.05) is 6.54 Å². The molecule has 10 heteroatoms. The Hall–Kier alpha value is -2.07. The second-order valence-electron chi connectivity index (χ2n) is 4.39. The van der Waals surface area contributed by atoms with Crippen LogP contribution in [0.15, 0.2) is 23.2 Å². The van der Waals surface area contributed by atoms with Crippen LogP contribution in [0.1, 0.15) is 19.8 Å². The third kappa shape index (κ3) is 5.08. The van der Waals surface area contributed by atoms with Gasteiger partial charge in [0.05, 0.1) is 5.92 Å². The summed E-state index contributed by atoms with van der Waals surface area (Å²) < 4.78 is 26.0. The Morgan fingerprint density at radius 3 is 2.67 bits per heavy atom. The summed E-state index contributed by atoms with van der Waals surface area (Å²) in [5, 5.41) is 19.1. The van der Waals surface area contributed by atoms with Crippen LogP contribution in [0, 0.1) is 16.0 Å². The maximum atomic E-state index is 11.9. The van der Waals surface area contributed by atoms with Gasteiger partial charge in [0.2, 0.25) is 10.0 Å². The second kappa shape index (κ2) is 7.09. The van der Waals surface area contributed by atoms with Gasteiger partial charge in [-0.05, 0) is 28.8 Å². The van der Waals surface area contributed by atoms with E-state index in [1.807, 2.05) is 0 Å². The Morgan fingerprint density at radius 2 is 2.19 bits per heavy atom. The molecule has 0 aliphatic heterocycles. The van der Waals surface area contributed by atoms with Crippen molar-refractivity contribution in [1.29, 1.82) is 0 Å². The number of aliphatic carboxylic acids is 1. The summed E-state index contributed by atoms with van der Waals surface area (Å²) >= 11 is 0. The SMILES string of the molecule is CC(CCCNS(=O)(=O)c1ccc([N+](=O)[O-])nc1)C(=O)O. The van der Waals surface area contributed by atoms with Gasteiger partial charge >= 0.3 is 11.8 Å². The zero-order valence-electron chi connectivity index (χ0n) is 11.2. The molecular formula is C11H15N3O6S. The standard InChI is InChI=1S/C11H15N3O6S/c1-8(11(15)16)3-2-6-13-21(19,20)9-4-5-10(12-7-9)14(17)18/h4-5,7-8,13H,2-3,6H2,1H3,(H,15,16). The predicted molar refractivity (Wildman–Crippen MR) is 72.1 cm³/mol. The lowest BCUT2D eigenvalue weighted by Crippen LogP contribution is -2.25. The first-order valence-electron chi connectivity index (χ1n) is 6.07. The molecule has 1 unspecified atom stereocenters. The first kappa shape index (κ1) is 17.0. The van der Waals surface area contributed by atoms with Crippen LogP contribution < -0.4 is 4.72 Å². The summed E-state index contributed by atoms with van der Waals surface area (Å²) in [6.07, 6.45) is 1.61. The quantitative estimate of drug-likeness (QED) is 0.410. The maximum absolute atomic E-state index is 11.9. The summed E-state index contributed by atoms with van der Waals surface area (Å²) in [5.74, 6) is -1.92. The molecule has 1 heterocycles. The number of aromatic nitrogens is 1. The number of rotatable bonds is 8. The number of hydrogen-bond acceptors (Lipinski definition) is 6. The number of carboxylic acids is 1. The lowest BCUT2D eigenvalue weighted by molar-refractivity contribution is -0.389. The number of carbonyl (C=O) groups is 1. The van der Waals surface area contributed by atoms with Gasteiger partial charge in [0.25, 0.3) is 0 Å². The zero-order valence-corrected chi connectivity index (χ0v) is 12.0. The lowest BCUT2D eigenvalue weighted by atomic mass is 10.1. The minimum atomic E-state index is -3.80. The number of nitrogens with zero attached hydrogens (tertiary/aromatic N) is 2. The topological polar surface area (TPSA) is 140 Å². The van der Waals surface area contributed by atoms with Crippen molar-refractivity contribution in [2.24, 2.45) is 5.92 Å². The number of carboxylic acid groups (broad SMARTS) is 1. The first-order chi connectivity index (χ1) is 9.74. The fourth-order valence-corrected chi connectivity index (χ4v) is 2.48. The third-order valence-electron chi connectivity index (χ3n) is 2.75. The molecule has 9 nitrogen and oxygen atoms in total. The summed E-state index contributed by atoms with van der Waals surface area (Å²) in [6.45, 7) is 1.62. The lowest BCUT2D eigenvalue weighted by Gasteiger charge is -2.07. The van der Waals surface area contributed by atoms with Crippen LogP contribution in [0.5, 0.6) is 0 Å². The van der Waals surface area contributed by atoms with Crippen molar-refractivity contribution in [2.45, 2.75) is 24.7 Å². The number of nitrogens with one attached hydrogen (secondary N) is 1. The Morgan fingerprint density at radius 1 is 1.52 bits per heavy atom. The normalized spacial score (nSPS) is 12.8. The van der Waals surface area contributed by atoms with Gasteiger partial charge in [-0.3, -0.25) is 4.79 Å². The van der Waals surface area contributed by atoms with Crippen LogP contribution in [0.25, 0.3) is 0 Å². The third-order valence-corrected chi connectivity index (χ3v) is 4.19. The van der Waals surface area contributed by atoms with Gasteiger partial charge in [-0.15, -0.1) is 0 Å². The van der Waals surface area contributed by atoms with E-state index in [0.717, 1.165) is 18.3 Å². The molecule has 0 bridgehead atoms. The monoisotopic (exact) mass is 317 g/mol. The fourth-order valence-electron chi connectivity index (χ4n) is 1.46. The van der Waals surface area contributed by atoms with Gasteiger partial charge in [-0.1, -0.05) is 6.92 Å². The van der Waals surface area contributed by atoms with Crippen molar-refractivity contribution >= 4 is 21.8 Å². The van der Waals surface area contributed by atoms with Gasteiger partial charge in [0, 0.05) is 12.6 Å². The van der Waals surface area contributed by atoms with E-state index in [4.69, 9.17) is 5.11 Å². The molecule has 1 aromatic rings. The minimum absolute atomic E-state index is 0.0803. The van der Waals surface area contributed by atoms with Crippen LogP contribution in [0.2, 0.25) is 0 Å². The summed E-state index contributed by atoms with van der Waals surface area (Å²) in [4.78, 5) is 23.5. The van der Waals surface area contributed by atoms with E-state index in [9.17, 15) is 23.3 Å². The maximum Gasteiger partial charge on any atom is 0.363 e. The smallest absolute Gasteiger partial charge is 0.363 e. The molecule has 21 heavy (non-hydrogen) atoms. The molecule has 116 valence electrons. The van der Waals surface area contributed by atoms with Crippen molar-refractivity contribution in [3.8, 4) is 0 Å². The van der Waals surface area contributed by atoms with E-state index in [1.54, 1.807) is 0 Å². The van der Waals surface area contributed by atoms with Crippen molar-refractivity contribution < 1.29 is 23.2 Å². The Bertz CT molecular complexity index is 613. The molecule has 0 saturated heterocycles. The van der Waals surface area contributed by atoms with Crippen LogP contribution in [-0.4, -0.2) is 35.9 Å². The van der Waals surface area contributed by atoms with Gasteiger partial charge < -0.3 is 15.2 Å². The molecule has 0 amide bonds. The fraction of sp³-hybridized carbons (Fsp3) is 0.455. The van der Waals surface area contributed by atoms with Crippen LogP contribution in [0.3, 0.4) is 0 Å². The average molecular weight is 317 g/mol. The van der Waals surface area contributed by atoms with Crippen molar-refractivity contribution in [3.63, 3.8) is 0 Å². The largest absolute Gasteiger partial charge is 0.481 e. The molecule has 0 aliphatic carbocycles. The first-order valence-corrected chi connectivity index (χ1v) is 7.55. The molecule has 0 fully saturated rings. The average Bonchev–Trinajstić information content (AvgIpc) is 2.43. The van der Waals surface area contributed by atoms with Crippen LogP contribution in [0.4, 0.5) is 5.82 Å². The van der Waals surface area contributed by atoms with Gasteiger partial charge in [-0.2, -0.15) is 0 Å². The highest BCUT2D eigenvalue weighted by molar-refractivity contribution is 7.89. The van der Waals surface area contributed by atoms with Gasteiger partial charge in [0.1, 0.15) is 4.90 Å². The van der Waals surface area contributed by atoms with E-state index < -0.39 is 32.7 Å². The van der Waals surface area contributed by atoms with E-state index in [1.165, 1.54) is 6.92 Å². The molecule has 1 atom stereocenters. The van der Waals surface area contributed by atoms with Crippen molar-refractivity contribution in [3.05, 3.63) is 28.4 Å². The van der Waals surface area contributed by atoms with Gasteiger partial charge in [0.15, 0.2) is 6.20 Å². The molecule has 0 spiro atoms. The Labute approximate surface area is 121 Å². The van der Waals surface area contributed by atoms with Crippen molar-refractivity contribution in [1.82, 2.24) is 9.71 Å². The van der Waals surface area contributed by atoms with E-state index >= 15 is 0 Å². The zero-order chi connectivity index (χ0) is 16.0. The predicted octanol–water partition coefficient (Wildman–Crippen LogP) is 0.769. The molecule has 2 N–H and O–H groups in total. The Balaban J connectivity index is 2.57. The van der Waals surface area contributed by atoms with E-state index in [0.29, 0.717) is 12.8 Å². The molecular weight excluding hydrogens is 302 g/mol. The Kier molecular flexibility index (Phi) is 5.73. The highest BCUT2D eigenvalue weighted by Gasteiger charge is 2.18. The molecule has 0 radical (unpaired) electrons. The molecule has 0 saturated carbocycles. The number of pyridine rings is 1. The minimum Gasteiger partial charge on any atom is -0.481 e. The van der Waals surface area contributed by atoms with Crippen LogP contribution in [-0.2, 0) is 14.8 Å². The summed E-state index contributed by atoms with van der Waals surface area (Å²) in [7, 11) is -3.80. The molecule has 0 aromatic carbocycles. The highest BCUT2D eigenvalue weighted by atomic mass is 32.2. The van der Waals surface area contributed by atoms with Crippen LogP contribution >= 0.6 is 0 Å². The summed E-state index contributed by atoms with van der Waals surface area (Å²) in [5.41, 5.74) is 0. The molecule has 1 aromatic heterocycles. The molecule has 1 rings (SSSR count). The van der Waals surface area contributed by atoms with E-state index in [2.05, 4.69) is 9.71 Å². The second-order valence-corrected chi connectivity index (χ2v) is 6.16.